The molecule has 0 bridgehead atoms. The topological polar surface area (TPSA) is 63.1 Å². The molecule has 0 saturated heterocycles. The van der Waals surface area contributed by atoms with Crippen LogP contribution < -0.4 is 10.6 Å². The molecule has 1 heterocycles. The van der Waals surface area contributed by atoms with Crippen molar-refractivity contribution in [3.05, 3.63) is 53.3 Å². The van der Waals surface area contributed by atoms with Crippen LogP contribution in [-0.4, -0.2) is 29.5 Å². The van der Waals surface area contributed by atoms with Crippen molar-refractivity contribution in [2.75, 3.05) is 13.1 Å². The number of nitrogens with zero attached hydrogens (tertiary/aromatic N) is 1. The molecular weight excluding hydrogens is 302 g/mol. The molecule has 2 N–H and O–H groups in total. The van der Waals surface area contributed by atoms with Crippen molar-refractivity contribution < 1.29 is 9.59 Å². The Hall–Kier alpha value is -2.56. The second-order valence-electron chi connectivity index (χ2n) is 6.20. The van der Waals surface area contributed by atoms with E-state index in [4.69, 9.17) is 0 Å². The van der Waals surface area contributed by atoms with Gasteiger partial charge >= 0.3 is 0 Å². The summed E-state index contributed by atoms with van der Waals surface area (Å²) in [5, 5.41) is 5.58. The number of nitrogens with one attached hydrogen (secondary N) is 2. The van der Waals surface area contributed by atoms with E-state index < -0.39 is 0 Å². The van der Waals surface area contributed by atoms with Crippen LogP contribution in [-0.2, 0) is 4.79 Å². The van der Waals surface area contributed by atoms with Crippen LogP contribution in [0.4, 0.5) is 0 Å². The third kappa shape index (κ3) is 4.25. The summed E-state index contributed by atoms with van der Waals surface area (Å²) in [6.45, 7) is 8.63. The Kier molecular flexibility index (Phi) is 5.79. The van der Waals surface area contributed by atoms with Crippen molar-refractivity contribution >= 4 is 11.8 Å². The molecule has 2 rings (SSSR count). The zero-order valence-corrected chi connectivity index (χ0v) is 14.7. The molecule has 128 valence electrons. The molecule has 0 saturated carbocycles. The molecule has 0 aliphatic rings. The van der Waals surface area contributed by atoms with Gasteiger partial charge in [-0.05, 0) is 50.2 Å². The highest BCUT2D eigenvalue weighted by Crippen LogP contribution is 2.16. The summed E-state index contributed by atoms with van der Waals surface area (Å²) in [5.74, 6) is -0.193. The molecule has 0 aliphatic heterocycles. The smallest absolute Gasteiger partial charge is 0.251 e. The van der Waals surface area contributed by atoms with Crippen LogP contribution >= 0.6 is 0 Å². The van der Waals surface area contributed by atoms with Crippen molar-refractivity contribution in [2.24, 2.45) is 5.92 Å². The second-order valence-corrected chi connectivity index (χ2v) is 6.20. The quantitative estimate of drug-likeness (QED) is 0.801. The third-order valence-corrected chi connectivity index (χ3v) is 3.89. The molecule has 5 nitrogen and oxygen atoms in total. The van der Waals surface area contributed by atoms with E-state index in [1.54, 1.807) is 0 Å². The predicted octanol–water partition coefficient (Wildman–Crippen LogP) is 2.60. The fraction of sp³-hybridized carbons (Fsp3) is 0.368. The van der Waals surface area contributed by atoms with E-state index in [0.717, 1.165) is 17.1 Å². The van der Waals surface area contributed by atoms with Gasteiger partial charge in [0.2, 0.25) is 5.91 Å². The van der Waals surface area contributed by atoms with Crippen molar-refractivity contribution in [1.29, 1.82) is 0 Å². The van der Waals surface area contributed by atoms with Crippen LogP contribution in [0.3, 0.4) is 0 Å². The Labute approximate surface area is 143 Å². The number of carbonyl (C=O) groups excluding carboxylic acids is 2. The fourth-order valence-corrected chi connectivity index (χ4v) is 2.51. The van der Waals surface area contributed by atoms with Gasteiger partial charge in [-0.3, -0.25) is 9.59 Å². The molecule has 1 aromatic carbocycles. The number of benzene rings is 1. The van der Waals surface area contributed by atoms with Crippen molar-refractivity contribution in [2.45, 2.75) is 27.7 Å². The van der Waals surface area contributed by atoms with Gasteiger partial charge in [0, 0.05) is 41.6 Å². The lowest BCUT2D eigenvalue weighted by atomic mass is 10.2. The third-order valence-electron chi connectivity index (χ3n) is 3.89. The average Bonchev–Trinajstić information content (AvgIpc) is 2.90. The average molecular weight is 327 g/mol. The first-order chi connectivity index (χ1) is 11.4. The normalized spacial score (nSPS) is 10.7. The van der Waals surface area contributed by atoms with Gasteiger partial charge in [0.15, 0.2) is 0 Å². The monoisotopic (exact) mass is 327 g/mol. The lowest BCUT2D eigenvalue weighted by Gasteiger charge is -2.11. The SMILES string of the molecule is Cc1ccc(C)n1-c1ccc(C(=O)NCCNC(=O)C(C)C)cc1. The molecule has 0 fully saturated rings. The summed E-state index contributed by atoms with van der Waals surface area (Å²) in [4.78, 5) is 23.6. The van der Waals surface area contributed by atoms with Crippen molar-refractivity contribution in [3.63, 3.8) is 0 Å². The summed E-state index contributed by atoms with van der Waals surface area (Å²) in [6, 6.07) is 11.7. The molecule has 2 amide bonds. The standard InChI is InChI=1S/C19H25N3O2/c1-13(2)18(23)20-11-12-21-19(24)16-7-9-17(10-8-16)22-14(3)5-6-15(22)4/h5-10,13H,11-12H2,1-4H3,(H,20,23)(H,21,24). The minimum atomic E-state index is -0.138. The Morgan fingerprint density at radius 3 is 2.00 bits per heavy atom. The van der Waals surface area contributed by atoms with Gasteiger partial charge in [-0.25, -0.2) is 0 Å². The number of amides is 2. The summed E-state index contributed by atoms with van der Waals surface area (Å²) in [5.41, 5.74) is 3.96. The number of carbonyl (C=O) groups is 2. The molecule has 1 aromatic heterocycles. The van der Waals surface area contributed by atoms with Gasteiger partial charge in [-0.1, -0.05) is 13.8 Å². The largest absolute Gasteiger partial charge is 0.354 e. The second kappa shape index (κ2) is 7.81. The van der Waals surface area contributed by atoms with E-state index in [0.29, 0.717) is 18.7 Å². The Bertz CT molecular complexity index is 695. The van der Waals surface area contributed by atoms with Crippen LogP contribution in [0.1, 0.15) is 35.6 Å². The van der Waals surface area contributed by atoms with Gasteiger partial charge < -0.3 is 15.2 Å². The summed E-state index contributed by atoms with van der Waals surface area (Å²) < 4.78 is 2.14. The molecule has 0 atom stereocenters. The Morgan fingerprint density at radius 1 is 0.917 bits per heavy atom. The predicted molar refractivity (Wildman–Crippen MR) is 95.4 cm³/mol. The number of rotatable bonds is 6. The highest BCUT2D eigenvalue weighted by Gasteiger charge is 2.08. The van der Waals surface area contributed by atoms with Crippen LogP contribution in [0.2, 0.25) is 0 Å². The maximum absolute atomic E-state index is 12.1. The zero-order valence-electron chi connectivity index (χ0n) is 14.7. The number of aromatic nitrogens is 1. The first-order valence-electron chi connectivity index (χ1n) is 8.21. The van der Waals surface area contributed by atoms with E-state index in [1.165, 1.54) is 0 Å². The fourth-order valence-electron chi connectivity index (χ4n) is 2.51. The van der Waals surface area contributed by atoms with Crippen molar-refractivity contribution in [1.82, 2.24) is 15.2 Å². The van der Waals surface area contributed by atoms with Crippen LogP contribution in [0.5, 0.6) is 0 Å². The molecular formula is C19H25N3O2. The molecule has 0 unspecified atom stereocenters. The number of hydrogen-bond acceptors (Lipinski definition) is 2. The zero-order chi connectivity index (χ0) is 17.7. The van der Waals surface area contributed by atoms with Gasteiger partial charge in [0.25, 0.3) is 5.91 Å². The van der Waals surface area contributed by atoms with Gasteiger partial charge in [0.05, 0.1) is 0 Å². The lowest BCUT2D eigenvalue weighted by molar-refractivity contribution is -0.123. The summed E-state index contributed by atoms with van der Waals surface area (Å²) in [6.07, 6.45) is 0. The van der Waals surface area contributed by atoms with Gasteiger partial charge in [-0.15, -0.1) is 0 Å². The van der Waals surface area contributed by atoms with Crippen LogP contribution in [0.25, 0.3) is 5.69 Å². The number of aryl methyl sites for hydroxylation is 2. The maximum Gasteiger partial charge on any atom is 0.251 e. The first kappa shape index (κ1) is 17.8. The minimum Gasteiger partial charge on any atom is -0.354 e. The van der Waals surface area contributed by atoms with Gasteiger partial charge in [0.1, 0.15) is 0 Å². The van der Waals surface area contributed by atoms with Crippen molar-refractivity contribution in [3.8, 4) is 5.69 Å². The molecule has 24 heavy (non-hydrogen) atoms. The highest BCUT2D eigenvalue weighted by molar-refractivity contribution is 5.94. The molecule has 5 heteroatoms. The van der Waals surface area contributed by atoms with Crippen LogP contribution in [0.15, 0.2) is 36.4 Å². The Morgan fingerprint density at radius 2 is 1.46 bits per heavy atom. The number of hydrogen-bond donors (Lipinski definition) is 2. The Balaban J connectivity index is 1.91. The van der Waals surface area contributed by atoms with Crippen LogP contribution in [0, 0.1) is 19.8 Å². The van der Waals surface area contributed by atoms with E-state index in [-0.39, 0.29) is 17.7 Å². The van der Waals surface area contributed by atoms with E-state index in [2.05, 4.69) is 41.2 Å². The maximum atomic E-state index is 12.1. The molecule has 0 aliphatic carbocycles. The van der Waals surface area contributed by atoms with E-state index >= 15 is 0 Å². The van der Waals surface area contributed by atoms with Gasteiger partial charge in [-0.2, -0.15) is 0 Å². The summed E-state index contributed by atoms with van der Waals surface area (Å²) in [7, 11) is 0. The van der Waals surface area contributed by atoms with E-state index in [1.807, 2.05) is 38.1 Å². The molecule has 0 radical (unpaired) electrons. The highest BCUT2D eigenvalue weighted by atomic mass is 16.2. The minimum absolute atomic E-state index is 0.00827. The molecule has 0 spiro atoms. The summed E-state index contributed by atoms with van der Waals surface area (Å²) >= 11 is 0. The molecule has 2 aromatic rings. The van der Waals surface area contributed by atoms with E-state index in [9.17, 15) is 9.59 Å². The first-order valence-corrected chi connectivity index (χ1v) is 8.21. The lowest BCUT2D eigenvalue weighted by Crippen LogP contribution is -2.36.